The van der Waals surface area contributed by atoms with Gasteiger partial charge in [0.25, 0.3) is 0 Å². The van der Waals surface area contributed by atoms with Gasteiger partial charge in [0.2, 0.25) is 0 Å². The summed E-state index contributed by atoms with van der Waals surface area (Å²) in [6.07, 6.45) is 0.743. The van der Waals surface area contributed by atoms with Crippen molar-refractivity contribution in [1.29, 1.82) is 0 Å². The molecule has 0 saturated carbocycles. The van der Waals surface area contributed by atoms with E-state index in [4.69, 9.17) is 15.5 Å². The van der Waals surface area contributed by atoms with Crippen molar-refractivity contribution < 1.29 is 14.4 Å². The molecule has 0 aliphatic carbocycles. The third-order valence-corrected chi connectivity index (χ3v) is 3.35. The molecule has 0 fully saturated rings. The van der Waals surface area contributed by atoms with Crippen molar-refractivity contribution in [2.75, 3.05) is 5.75 Å². The number of rotatable bonds is 4. The zero-order chi connectivity index (χ0) is 8.20. The Labute approximate surface area is 64.1 Å². The molecule has 0 aromatic rings. The van der Waals surface area contributed by atoms with Gasteiger partial charge in [-0.25, -0.2) is 4.57 Å². The van der Waals surface area contributed by atoms with E-state index in [0.717, 1.165) is 6.42 Å². The summed E-state index contributed by atoms with van der Waals surface area (Å²) >= 11 is 0.608. The lowest BCUT2D eigenvalue weighted by Crippen LogP contribution is -2.20. The van der Waals surface area contributed by atoms with Crippen LogP contribution in [0.4, 0.5) is 0 Å². The minimum atomic E-state index is -3.90. The monoisotopic (exact) mass is 185 g/mol. The first-order chi connectivity index (χ1) is 4.45. The molecule has 0 heterocycles. The molecule has 10 heavy (non-hydrogen) atoms. The van der Waals surface area contributed by atoms with E-state index >= 15 is 0 Å². The molecule has 0 bridgehead atoms. The highest BCUT2D eigenvalue weighted by atomic mass is 32.7. The minimum absolute atomic E-state index is 0.113. The molecule has 0 spiro atoms. The number of hydrogen-bond acceptors (Lipinski definition) is 3. The second-order valence-corrected chi connectivity index (χ2v) is 5.73. The van der Waals surface area contributed by atoms with Crippen LogP contribution in [0.15, 0.2) is 0 Å². The number of hydrogen-bond donors (Lipinski definition) is 3. The highest BCUT2D eigenvalue weighted by Gasteiger charge is 2.14. The van der Waals surface area contributed by atoms with Gasteiger partial charge in [0, 0.05) is 11.8 Å². The van der Waals surface area contributed by atoms with Crippen LogP contribution in [-0.4, -0.2) is 21.6 Å². The first-order valence-electron chi connectivity index (χ1n) is 2.91. The van der Waals surface area contributed by atoms with Crippen LogP contribution in [-0.2, 0) is 4.57 Å². The second-order valence-electron chi connectivity index (χ2n) is 1.95. The molecule has 62 valence electrons. The maximum atomic E-state index is 10.3. The van der Waals surface area contributed by atoms with Crippen molar-refractivity contribution in [2.24, 2.45) is 5.73 Å². The highest BCUT2D eigenvalue weighted by molar-refractivity contribution is 8.54. The Balaban J connectivity index is 3.46. The van der Waals surface area contributed by atoms with Crippen LogP contribution in [0.3, 0.4) is 0 Å². The van der Waals surface area contributed by atoms with Gasteiger partial charge in [-0.05, 0) is 17.8 Å². The Hall–Kier alpha value is 0.460. The Morgan fingerprint density at radius 2 is 2.20 bits per heavy atom. The van der Waals surface area contributed by atoms with Crippen molar-refractivity contribution in [3.8, 4) is 0 Å². The number of nitrogens with two attached hydrogens (primary N) is 1. The van der Waals surface area contributed by atoms with Crippen LogP contribution >= 0.6 is 18.2 Å². The van der Waals surface area contributed by atoms with Gasteiger partial charge in [0.1, 0.15) is 0 Å². The molecule has 0 aliphatic heterocycles. The van der Waals surface area contributed by atoms with Gasteiger partial charge < -0.3 is 15.5 Å². The highest BCUT2D eigenvalue weighted by Crippen LogP contribution is 2.50. The summed E-state index contributed by atoms with van der Waals surface area (Å²) in [6, 6.07) is -0.113. The molecule has 0 rings (SSSR count). The summed E-state index contributed by atoms with van der Waals surface area (Å²) in [5, 5.41) is 0. The molecule has 0 radical (unpaired) electrons. The average molecular weight is 185 g/mol. The molecule has 4 nitrogen and oxygen atoms in total. The summed E-state index contributed by atoms with van der Waals surface area (Å²) in [5.41, 5.74) is 5.42. The lowest BCUT2D eigenvalue weighted by Gasteiger charge is -2.07. The molecular formula is C4H12NO3PS. The Bertz CT molecular complexity index is 136. The van der Waals surface area contributed by atoms with Crippen LogP contribution < -0.4 is 5.73 Å². The van der Waals surface area contributed by atoms with E-state index in [1.54, 1.807) is 0 Å². The third-order valence-electron chi connectivity index (χ3n) is 0.981. The second kappa shape index (κ2) is 4.36. The molecule has 1 unspecified atom stereocenters. The fraction of sp³-hybridized carbons (Fsp3) is 1.00. The topological polar surface area (TPSA) is 83.6 Å². The van der Waals surface area contributed by atoms with Gasteiger partial charge in [-0.1, -0.05) is 6.92 Å². The molecule has 0 aliphatic rings. The van der Waals surface area contributed by atoms with Gasteiger partial charge in [-0.3, -0.25) is 0 Å². The van der Waals surface area contributed by atoms with Crippen molar-refractivity contribution in [1.82, 2.24) is 0 Å². The van der Waals surface area contributed by atoms with Gasteiger partial charge in [0.05, 0.1) is 0 Å². The summed E-state index contributed by atoms with van der Waals surface area (Å²) < 4.78 is 10.3. The Morgan fingerprint density at radius 3 is 2.50 bits per heavy atom. The maximum absolute atomic E-state index is 10.3. The zero-order valence-corrected chi connectivity index (χ0v) is 7.44. The SMILES string of the molecule is CCC(N)CSP(=O)(O)O. The van der Waals surface area contributed by atoms with Crippen LogP contribution in [0.2, 0.25) is 0 Å². The van der Waals surface area contributed by atoms with E-state index in [1.165, 1.54) is 0 Å². The maximum Gasteiger partial charge on any atom is 0.384 e. The summed E-state index contributed by atoms with van der Waals surface area (Å²) in [6.45, 7) is -2.02. The van der Waals surface area contributed by atoms with Crippen LogP contribution in [0.5, 0.6) is 0 Å². The quantitative estimate of drug-likeness (QED) is 0.557. The molecule has 0 aromatic carbocycles. The lowest BCUT2D eigenvalue weighted by atomic mass is 10.3. The molecule has 6 heteroatoms. The van der Waals surface area contributed by atoms with E-state index < -0.39 is 6.80 Å². The van der Waals surface area contributed by atoms with E-state index in [-0.39, 0.29) is 6.04 Å². The molecule has 1 atom stereocenters. The Kier molecular flexibility index (Phi) is 4.56. The predicted molar refractivity (Wildman–Crippen MR) is 42.8 cm³/mol. The van der Waals surface area contributed by atoms with Crippen LogP contribution in [0.1, 0.15) is 13.3 Å². The fourth-order valence-electron chi connectivity index (χ4n) is 0.311. The van der Waals surface area contributed by atoms with E-state index in [0.29, 0.717) is 17.1 Å². The van der Waals surface area contributed by atoms with Gasteiger partial charge in [0.15, 0.2) is 0 Å². The zero-order valence-electron chi connectivity index (χ0n) is 5.73. The minimum Gasteiger partial charge on any atom is -0.327 e. The lowest BCUT2D eigenvalue weighted by molar-refractivity contribution is 0.397. The molecule has 0 saturated heterocycles. The average Bonchev–Trinajstić information content (AvgIpc) is 1.81. The standard InChI is InChI=1S/C4H12NO3PS/c1-2-4(5)3-10-9(6,7)8/h4H,2-3,5H2,1H3,(H2,6,7,8). The van der Waals surface area contributed by atoms with E-state index in [9.17, 15) is 4.57 Å². The summed E-state index contributed by atoms with van der Waals surface area (Å²) in [5.74, 6) is 0.320. The van der Waals surface area contributed by atoms with Gasteiger partial charge in [-0.15, -0.1) is 0 Å². The van der Waals surface area contributed by atoms with E-state index in [2.05, 4.69) is 0 Å². The van der Waals surface area contributed by atoms with Crippen molar-refractivity contribution in [3.05, 3.63) is 0 Å². The first-order valence-corrected chi connectivity index (χ1v) is 6.11. The molecule has 0 aromatic heterocycles. The molecular weight excluding hydrogens is 173 g/mol. The third kappa shape index (κ3) is 6.58. The Morgan fingerprint density at radius 1 is 1.70 bits per heavy atom. The molecule has 4 N–H and O–H groups in total. The van der Waals surface area contributed by atoms with Crippen molar-refractivity contribution in [3.63, 3.8) is 0 Å². The summed E-state index contributed by atoms with van der Waals surface area (Å²) in [7, 11) is 0. The van der Waals surface area contributed by atoms with Crippen LogP contribution in [0, 0.1) is 0 Å². The fourth-order valence-corrected chi connectivity index (χ4v) is 2.09. The smallest absolute Gasteiger partial charge is 0.327 e. The predicted octanol–water partition coefficient (Wildman–Crippen LogP) is 0.550. The first kappa shape index (κ1) is 10.5. The summed E-state index contributed by atoms with van der Waals surface area (Å²) in [4.78, 5) is 16.8. The molecule has 0 amide bonds. The van der Waals surface area contributed by atoms with E-state index in [1.807, 2.05) is 6.92 Å². The van der Waals surface area contributed by atoms with Crippen LogP contribution in [0.25, 0.3) is 0 Å². The van der Waals surface area contributed by atoms with Crippen molar-refractivity contribution >= 4 is 18.2 Å². The largest absolute Gasteiger partial charge is 0.384 e. The van der Waals surface area contributed by atoms with Gasteiger partial charge >= 0.3 is 6.80 Å². The normalized spacial score (nSPS) is 15.2. The van der Waals surface area contributed by atoms with Crippen molar-refractivity contribution in [2.45, 2.75) is 19.4 Å². The van der Waals surface area contributed by atoms with Gasteiger partial charge in [-0.2, -0.15) is 0 Å².